The minimum Gasteiger partial charge on any atom is -0.507 e. The van der Waals surface area contributed by atoms with Gasteiger partial charge in [0.1, 0.15) is 17.6 Å². The second-order valence-corrected chi connectivity index (χ2v) is 7.97. The molecule has 3 aromatic rings. The smallest absolute Gasteiger partial charge is 0.200 e. The van der Waals surface area contributed by atoms with E-state index in [1.807, 2.05) is 0 Å². The van der Waals surface area contributed by atoms with E-state index in [2.05, 4.69) is 18.7 Å². The molecule has 0 bridgehead atoms. The van der Waals surface area contributed by atoms with Gasteiger partial charge in [-0.3, -0.25) is 9.69 Å². The van der Waals surface area contributed by atoms with E-state index in [-0.39, 0.29) is 11.2 Å². The van der Waals surface area contributed by atoms with Crippen molar-refractivity contribution in [1.82, 2.24) is 4.90 Å². The lowest BCUT2D eigenvalue weighted by Crippen LogP contribution is -2.26. The molecule has 0 atom stereocenters. The highest BCUT2D eigenvalue weighted by Crippen LogP contribution is 2.33. The predicted molar refractivity (Wildman–Crippen MR) is 128 cm³/mol. The number of hydrogen-bond donors (Lipinski definition) is 1. The van der Waals surface area contributed by atoms with Crippen LogP contribution in [-0.2, 0) is 6.54 Å². The molecule has 0 amide bonds. The van der Waals surface area contributed by atoms with Crippen molar-refractivity contribution in [2.45, 2.75) is 46.1 Å². The summed E-state index contributed by atoms with van der Waals surface area (Å²) in [7, 11) is 3.13. The zero-order chi connectivity index (χ0) is 23.1. The fourth-order valence-corrected chi connectivity index (χ4v) is 3.86. The molecule has 172 valence electrons. The lowest BCUT2D eigenvalue weighted by atomic mass is 10.0. The van der Waals surface area contributed by atoms with Crippen LogP contribution in [0.3, 0.4) is 0 Å². The third-order valence-corrected chi connectivity index (χ3v) is 5.75. The highest BCUT2D eigenvalue weighted by Gasteiger charge is 2.18. The van der Waals surface area contributed by atoms with Gasteiger partial charge in [-0.05, 0) is 55.8 Å². The molecule has 2 aromatic carbocycles. The molecule has 0 fully saturated rings. The van der Waals surface area contributed by atoms with Crippen LogP contribution in [0.15, 0.2) is 45.8 Å². The molecular weight excluding hydrogens is 406 g/mol. The molecule has 0 aliphatic rings. The summed E-state index contributed by atoms with van der Waals surface area (Å²) in [5, 5.41) is 11.0. The number of phenols is 1. The van der Waals surface area contributed by atoms with Crippen LogP contribution in [0.25, 0.3) is 22.1 Å². The number of benzene rings is 2. The summed E-state index contributed by atoms with van der Waals surface area (Å²) in [6.45, 7) is 6.77. The van der Waals surface area contributed by atoms with E-state index < -0.39 is 0 Å². The minimum absolute atomic E-state index is 0.145. The maximum atomic E-state index is 13.3. The third-order valence-electron chi connectivity index (χ3n) is 5.75. The van der Waals surface area contributed by atoms with E-state index in [0.717, 1.165) is 38.8 Å². The first-order valence-electron chi connectivity index (χ1n) is 11.2. The normalized spacial score (nSPS) is 11.3. The van der Waals surface area contributed by atoms with Crippen molar-refractivity contribution < 1.29 is 19.0 Å². The summed E-state index contributed by atoms with van der Waals surface area (Å²) >= 11 is 0. The van der Waals surface area contributed by atoms with Crippen molar-refractivity contribution in [2.75, 3.05) is 27.3 Å². The van der Waals surface area contributed by atoms with Crippen molar-refractivity contribution >= 4 is 11.0 Å². The maximum absolute atomic E-state index is 13.3. The Balaban J connectivity index is 2.04. The highest BCUT2D eigenvalue weighted by molar-refractivity contribution is 5.85. The topological polar surface area (TPSA) is 72.1 Å². The molecular formula is C26H33NO5. The number of ether oxygens (including phenoxy) is 2. The van der Waals surface area contributed by atoms with Crippen molar-refractivity contribution in [2.24, 2.45) is 0 Å². The zero-order valence-corrected chi connectivity index (χ0v) is 19.4. The van der Waals surface area contributed by atoms with Crippen LogP contribution in [-0.4, -0.2) is 37.3 Å². The van der Waals surface area contributed by atoms with Crippen LogP contribution < -0.4 is 14.9 Å². The Morgan fingerprint density at radius 2 is 1.66 bits per heavy atom. The highest BCUT2D eigenvalue weighted by atomic mass is 16.5. The summed E-state index contributed by atoms with van der Waals surface area (Å²) < 4.78 is 16.6. The van der Waals surface area contributed by atoms with Gasteiger partial charge in [0, 0.05) is 6.54 Å². The third kappa shape index (κ3) is 5.07. The largest absolute Gasteiger partial charge is 0.507 e. The molecule has 0 unspecified atom stereocenters. The molecule has 6 nitrogen and oxygen atoms in total. The average Bonchev–Trinajstić information content (AvgIpc) is 2.82. The molecule has 3 rings (SSSR count). The van der Waals surface area contributed by atoms with E-state index in [1.165, 1.54) is 6.26 Å². The Hall–Kier alpha value is -2.99. The summed E-state index contributed by atoms with van der Waals surface area (Å²) in [6.07, 6.45) is 5.85. The van der Waals surface area contributed by atoms with Gasteiger partial charge in [-0.1, -0.05) is 32.8 Å². The van der Waals surface area contributed by atoms with Crippen LogP contribution in [0.2, 0.25) is 0 Å². The Morgan fingerprint density at radius 1 is 0.969 bits per heavy atom. The van der Waals surface area contributed by atoms with Gasteiger partial charge in [-0.25, -0.2) is 0 Å². The first-order chi connectivity index (χ1) is 15.5. The number of unbranched alkanes of at least 4 members (excludes halogenated alkanes) is 2. The molecule has 1 N–H and O–H groups in total. The number of rotatable bonds is 11. The Kier molecular flexibility index (Phi) is 8.17. The standard InChI is InChI=1S/C26H33NO5/c1-5-7-13-27(14-8-6-2)16-20-22(28)11-10-19-25(29)21(17-32-26(19)20)18-9-12-23(30-3)24(15-18)31-4/h9-12,15,17,28H,5-8,13-14,16H2,1-4H3. The number of methoxy groups -OCH3 is 2. The van der Waals surface area contributed by atoms with Crippen LogP contribution in [0.5, 0.6) is 17.2 Å². The molecule has 0 aliphatic heterocycles. The van der Waals surface area contributed by atoms with Crippen LogP contribution in [0.1, 0.15) is 45.1 Å². The van der Waals surface area contributed by atoms with Gasteiger partial charge in [-0.2, -0.15) is 0 Å². The molecule has 1 heterocycles. The lowest BCUT2D eigenvalue weighted by Gasteiger charge is -2.23. The van der Waals surface area contributed by atoms with E-state index in [4.69, 9.17) is 13.9 Å². The van der Waals surface area contributed by atoms with Gasteiger partial charge in [0.15, 0.2) is 11.5 Å². The molecule has 0 spiro atoms. The average molecular weight is 440 g/mol. The number of aromatic hydroxyl groups is 1. The molecule has 32 heavy (non-hydrogen) atoms. The summed E-state index contributed by atoms with van der Waals surface area (Å²) in [5.74, 6) is 1.28. The van der Waals surface area contributed by atoms with Crippen molar-refractivity contribution in [3.63, 3.8) is 0 Å². The number of phenolic OH excluding ortho intramolecular Hbond substituents is 1. The molecule has 0 radical (unpaired) electrons. The Labute approximate surface area is 189 Å². The maximum Gasteiger partial charge on any atom is 0.200 e. The Bertz CT molecular complexity index is 1100. The second kappa shape index (κ2) is 11.0. The summed E-state index contributed by atoms with van der Waals surface area (Å²) in [4.78, 5) is 15.7. The van der Waals surface area contributed by atoms with Crippen LogP contribution in [0, 0.1) is 0 Å². The van der Waals surface area contributed by atoms with Crippen LogP contribution >= 0.6 is 0 Å². The number of nitrogens with zero attached hydrogens (tertiary/aromatic N) is 1. The number of hydrogen-bond acceptors (Lipinski definition) is 6. The zero-order valence-electron chi connectivity index (χ0n) is 19.4. The lowest BCUT2D eigenvalue weighted by molar-refractivity contribution is 0.253. The molecule has 1 aromatic heterocycles. The SMILES string of the molecule is CCCCN(CCCC)Cc1c(O)ccc2c(=O)c(-c3ccc(OC)c(OC)c3)coc12. The molecule has 6 heteroatoms. The quantitative estimate of drug-likeness (QED) is 0.420. The van der Waals surface area contributed by atoms with E-state index in [1.54, 1.807) is 44.6 Å². The van der Waals surface area contributed by atoms with Gasteiger partial charge in [0.25, 0.3) is 0 Å². The first kappa shape index (κ1) is 23.7. The van der Waals surface area contributed by atoms with Gasteiger partial charge in [-0.15, -0.1) is 0 Å². The van der Waals surface area contributed by atoms with Gasteiger partial charge >= 0.3 is 0 Å². The molecule has 0 aliphatic carbocycles. The summed E-state index contributed by atoms with van der Waals surface area (Å²) in [6, 6.07) is 8.55. The van der Waals surface area contributed by atoms with Gasteiger partial charge in [0.2, 0.25) is 5.43 Å². The minimum atomic E-state index is -0.145. The Morgan fingerprint density at radius 3 is 2.28 bits per heavy atom. The summed E-state index contributed by atoms with van der Waals surface area (Å²) in [5.41, 5.74) is 2.07. The van der Waals surface area contributed by atoms with Gasteiger partial charge < -0.3 is 19.0 Å². The predicted octanol–water partition coefficient (Wildman–Crippen LogP) is 5.59. The molecule has 0 saturated carbocycles. The fraction of sp³-hybridized carbons (Fsp3) is 0.423. The van der Waals surface area contributed by atoms with E-state index >= 15 is 0 Å². The second-order valence-electron chi connectivity index (χ2n) is 7.97. The fourth-order valence-electron chi connectivity index (χ4n) is 3.86. The first-order valence-corrected chi connectivity index (χ1v) is 11.2. The van der Waals surface area contributed by atoms with E-state index in [0.29, 0.717) is 45.7 Å². The van der Waals surface area contributed by atoms with Crippen molar-refractivity contribution in [3.05, 3.63) is 52.4 Å². The van der Waals surface area contributed by atoms with Crippen molar-refractivity contribution in [3.8, 4) is 28.4 Å². The monoisotopic (exact) mass is 439 g/mol. The van der Waals surface area contributed by atoms with Gasteiger partial charge in [0.05, 0.1) is 30.7 Å². The van der Waals surface area contributed by atoms with Crippen LogP contribution in [0.4, 0.5) is 0 Å². The van der Waals surface area contributed by atoms with Crippen molar-refractivity contribution in [1.29, 1.82) is 0 Å². The molecule has 0 saturated heterocycles. The number of fused-ring (bicyclic) bond motifs is 1. The van der Waals surface area contributed by atoms with E-state index in [9.17, 15) is 9.90 Å².